The first-order valence-electron chi connectivity index (χ1n) is 6.36. The van der Waals surface area contributed by atoms with E-state index < -0.39 is 0 Å². The fraction of sp³-hybridized carbons (Fsp3) is 0.571. The van der Waals surface area contributed by atoms with Gasteiger partial charge in [0.25, 0.3) is 0 Å². The molecule has 0 atom stereocenters. The molecule has 1 rings (SSSR count). The molecule has 18 heavy (non-hydrogen) atoms. The summed E-state index contributed by atoms with van der Waals surface area (Å²) in [5.41, 5.74) is 6.71. The first-order chi connectivity index (χ1) is 8.77. The number of nitrogens with two attached hydrogens (primary N) is 1. The average molecular weight is 252 g/mol. The first kappa shape index (κ1) is 15.0. The zero-order chi connectivity index (χ0) is 13.2. The monoisotopic (exact) mass is 252 g/mol. The molecule has 0 radical (unpaired) electrons. The van der Waals surface area contributed by atoms with E-state index in [1.54, 1.807) is 7.11 Å². The summed E-state index contributed by atoms with van der Waals surface area (Å²) < 4.78 is 10.8. The minimum atomic E-state index is 0.514. The zero-order valence-electron chi connectivity index (χ0n) is 11.4. The third-order valence-electron chi connectivity index (χ3n) is 2.81. The molecule has 0 fully saturated rings. The molecule has 0 bridgehead atoms. The molecule has 4 nitrogen and oxygen atoms in total. The Hall–Kier alpha value is -1.10. The van der Waals surface area contributed by atoms with Gasteiger partial charge in [0.05, 0.1) is 0 Å². The van der Waals surface area contributed by atoms with Gasteiger partial charge in [-0.25, -0.2) is 0 Å². The number of nitrogens with zero attached hydrogens (tertiary/aromatic N) is 1. The number of ether oxygens (including phenoxy) is 2. The maximum Gasteiger partial charge on any atom is 0.123 e. The van der Waals surface area contributed by atoms with Crippen molar-refractivity contribution in [3.63, 3.8) is 0 Å². The van der Waals surface area contributed by atoms with Gasteiger partial charge in [0.1, 0.15) is 12.4 Å². The lowest BCUT2D eigenvalue weighted by Gasteiger charge is -2.17. The Morgan fingerprint density at radius 2 is 1.94 bits per heavy atom. The van der Waals surface area contributed by atoms with Crippen LogP contribution in [0.15, 0.2) is 24.3 Å². The molecular weight excluding hydrogens is 228 g/mol. The lowest BCUT2D eigenvalue weighted by Crippen LogP contribution is -2.26. The number of hydrogen-bond donors (Lipinski definition) is 1. The lowest BCUT2D eigenvalue weighted by atomic mass is 10.2. The first-order valence-corrected chi connectivity index (χ1v) is 6.36. The van der Waals surface area contributed by atoms with Crippen LogP contribution in [0.5, 0.6) is 5.75 Å². The van der Waals surface area contributed by atoms with Crippen molar-refractivity contribution >= 4 is 0 Å². The highest BCUT2D eigenvalue weighted by atomic mass is 16.5. The minimum Gasteiger partial charge on any atom is -0.492 e. The van der Waals surface area contributed by atoms with Crippen molar-refractivity contribution in [2.75, 3.05) is 40.5 Å². The molecule has 0 saturated heterocycles. The van der Waals surface area contributed by atoms with Crippen molar-refractivity contribution in [2.45, 2.75) is 13.0 Å². The minimum absolute atomic E-state index is 0.514. The van der Waals surface area contributed by atoms with Crippen molar-refractivity contribution < 1.29 is 9.47 Å². The Morgan fingerprint density at radius 1 is 1.17 bits per heavy atom. The number of hydrogen-bond acceptors (Lipinski definition) is 4. The van der Waals surface area contributed by atoms with Crippen LogP contribution in [0, 0.1) is 0 Å². The van der Waals surface area contributed by atoms with E-state index in [0.29, 0.717) is 13.2 Å². The second-order valence-corrected chi connectivity index (χ2v) is 4.31. The predicted molar refractivity (Wildman–Crippen MR) is 73.8 cm³/mol. The van der Waals surface area contributed by atoms with Crippen LogP contribution in [-0.2, 0) is 11.3 Å². The fourth-order valence-electron chi connectivity index (χ4n) is 1.72. The molecule has 0 heterocycles. The Labute approximate surface area is 110 Å². The summed E-state index contributed by atoms with van der Waals surface area (Å²) in [5.74, 6) is 0.894. The van der Waals surface area contributed by atoms with Crippen molar-refractivity contribution in [3.8, 4) is 5.75 Å². The van der Waals surface area contributed by atoms with E-state index in [1.807, 2.05) is 24.3 Å². The molecule has 0 unspecified atom stereocenters. The van der Waals surface area contributed by atoms with Crippen molar-refractivity contribution in [3.05, 3.63) is 29.8 Å². The van der Waals surface area contributed by atoms with E-state index in [-0.39, 0.29) is 0 Å². The molecule has 1 aromatic rings. The molecule has 0 saturated carbocycles. The van der Waals surface area contributed by atoms with E-state index in [2.05, 4.69) is 11.9 Å². The molecular formula is C14H24N2O2. The summed E-state index contributed by atoms with van der Waals surface area (Å²) in [7, 11) is 3.82. The van der Waals surface area contributed by atoms with E-state index >= 15 is 0 Å². The molecule has 0 aliphatic heterocycles. The average Bonchev–Trinajstić information content (AvgIpc) is 2.39. The van der Waals surface area contributed by atoms with Gasteiger partial charge in [-0.2, -0.15) is 0 Å². The molecule has 1 aromatic carbocycles. The number of likely N-dealkylation sites (N-methyl/N-ethyl adjacent to an activating group) is 1. The number of para-hydroxylation sites is 1. The predicted octanol–water partition coefficient (Wildman–Crippen LogP) is 1.49. The van der Waals surface area contributed by atoms with Gasteiger partial charge in [-0.3, -0.25) is 0 Å². The van der Waals surface area contributed by atoms with Crippen molar-refractivity contribution in [1.29, 1.82) is 0 Å². The second-order valence-electron chi connectivity index (χ2n) is 4.31. The number of benzene rings is 1. The molecule has 0 aromatic heterocycles. The van der Waals surface area contributed by atoms with Gasteiger partial charge in [0, 0.05) is 38.9 Å². The van der Waals surface area contributed by atoms with Gasteiger partial charge in [-0.05, 0) is 19.5 Å². The van der Waals surface area contributed by atoms with Crippen LogP contribution >= 0.6 is 0 Å². The van der Waals surface area contributed by atoms with E-state index in [4.69, 9.17) is 15.2 Å². The largest absolute Gasteiger partial charge is 0.492 e. The highest BCUT2D eigenvalue weighted by Gasteiger charge is 2.02. The number of methoxy groups -OCH3 is 1. The molecule has 0 amide bonds. The van der Waals surface area contributed by atoms with E-state index in [1.165, 1.54) is 0 Å². The SMILES string of the molecule is COCCCN(C)CCOc1ccccc1CN. The topological polar surface area (TPSA) is 47.7 Å². The quantitative estimate of drug-likeness (QED) is 0.677. The Balaban J connectivity index is 2.24. The van der Waals surface area contributed by atoms with Gasteiger partial charge >= 0.3 is 0 Å². The Kier molecular flexibility index (Phi) is 7.41. The van der Waals surface area contributed by atoms with Crippen molar-refractivity contribution in [2.24, 2.45) is 5.73 Å². The summed E-state index contributed by atoms with van der Waals surface area (Å²) in [6, 6.07) is 7.91. The standard InChI is InChI=1S/C14H24N2O2/c1-16(8-5-10-17-2)9-11-18-14-7-4-3-6-13(14)12-15/h3-4,6-7H,5,8-12,15H2,1-2H3. The third kappa shape index (κ3) is 5.49. The van der Waals surface area contributed by atoms with Gasteiger partial charge in [0.15, 0.2) is 0 Å². The fourth-order valence-corrected chi connectivity index (χ4v) is 1.72. The van der Waals surface area contributed by atoms with Crippen LogP contribution in [0.4, 0.5) is 0 Å². The van der Waals surface area contributed by atoms with Crippen LogP contribution in [0.2, 0.25) is 0 Å². The maximum atomic E-state index is 5.75. The summed E-state index contributed by atoms with van der Waals surface area (Å²) >= 11 is 0. The molecule has 0 aliphatic rings. The van der Waals surface area contributed by atoms with Gasteiger partial charge in [-0.1, -0.05) is 18.2 Å². The van der Waals surface area contributed by atoms with Crippen LogP contribution in [0.3, 0.4) is 0 Å². The highest BCUT2D eigenvalue weighted by molar-refractivity contribution is 5.32. The van der Waals surface area contributed by atoms with Crippen LogP contribution < -0.4 is 10.5 Å². The van der Waals surface area contributed by atoms with Crippen LogP contribution in [0.1, 0.15) is 12.0 Å². The maximum absolute atomic E-state index is 5.75. The van der Waals surface area contributed by atoms with Gasteiger partial charge in [0.2, 0.25) is 0 Å². The van der Waals surface area contributed by atoms with E-state index in [0.717, 1.165) is 37.4 Å². The Morgan fingerprint density at radius 3 is 2.67 bits per heavy atom. The summed E-state index contributed by atoms with van der Waals surface area (Å²) in [4.78, 5) is 2.24. The van der Waals surface area contributed by atoms with Crippen LogP contribution in [0.25, 0.3) is 0 Å². The third-order valence-corrected chi connectivity index (χ3v) is 2.81. The van der Waals surface area contributed by atoms with Crippen LogP contribution in [-0.4, -0.2) is 45.4 Å². The summed E-state index contributed by atoms with van der Waals surface area (Å²) in [6.45, 7) is 3.93. The number of rotatable bonds is 9. The van der Waals surface area contributed by atoms with E-state index in [9.17, 15) is 0 Å². The Bertz CT molecular complexity index is 331. The van der Waals surface area contributed by atoms with Gasteiger partial charge < -0.3 is 20.1 Å². The smallest absolute Gasteiger partial charge is 0.123 e. The lowest BCUT2D eigenvalue weighted by molar-refractivity contribution is 0.171. The summed E-state index contributed by atoms with van der Waals surface area (Å²) in [6.07, 6.45) is 1.05. The molecule has 0 spiro atoms. The zero-order valence-corrected chi connectivity index (χ0v) is 11.4. The second kappa shape index (κ2) is 8.91. The molecule has 102 valence electrons. The molecule has 2 N–H and O–H groups in total. The van der Waals surface area contributed by atoms with Crippen molar-refractivity contribution in [1.82, 2.24) is 4.90 Å². The molecule has 4 heteroatoms. The normalized spacial score (nSPS) is 10.9. The highest BCUT2D eigenvalue weighted by Crippen LogP contribution is 2.16. The van der Waals surface area contributed by atoms with Gasteiger partial charge in [-0.15, -0.1) is 0 Å². The molecule has 0 aliphatic carbocycles. The summed E-state index contributed by atoms with van der Waals surface area (Å²) in [5, 5.41) is 0.